The predicted octanol–water partition coefficient (Wildman–Crippen LogP) is 2.63. The molecule has 2 atom stereocenters. The molecule has 3 heteroatoms. The quantitative estimate of drug-likeness (QED) is 0.893. The van der Waals surface area contributed by atoms with Gasteiger partial charge in [0.25, 0.3) is 0 Å². The highest BCUT2D eigenvalue weighted by Crippen LogP contribution is 2.33. The van der Waals surface area contributed by atoms with Crippen molar-refractivity contribution < 1.29 is 4.74 Å². The zero-order chi connectivity index (χ0) is 13.3. The van der Waals surface area contributed by atoms with Crippen LogP contribution in [0.1, 0.15) is 30.4 Å². The molecule has 18 heavy (non-hydrogen) atoms. The molecule has 0 bridgehead atoms. The first kappa shape index (κ1) is 13.2. The summed E-state index contributed by atoms with van der Waals surface area (Å²) in [7, 11) is 3.88. The lowest BCUT2D eigenvalue weighted by Crippen LogP contribution is -2.42. The minimum atomic E-state index is 0.303. The minimum Gasteiger partial charge on any atom is -0.496 e. The van der Waals surface area contributed by atoms with Crippen LogP contribution in [0.4, 0.5) is 5.69 Å². The number of ether oxygens (including phenoxy) is 1. The standard InChI is InChI=1S/C15H24N2O/c1-10-11(2)15(18-4)9-8-13(10)17(3)14-7-5-6-12(14)16/h8-9,12,14H,5-7,16H2,1-4H3. The van der Waals surface area contributed by atoms with Crippen LogP contribution in [-0.4, -0.2) is 26.2 Å². The van der Waals surface area contributed by atoms with Crippen LogP contribution in [0.3, 0.4) is 0 Å². The maximum atomic E-state index is 6.20. The van der Waals surface area contributed by atoms with Gasteiger partial charge in [-0.05, 0) is 56.4 Å². The second-order valence-electron chi connectivity index (χ2n) is 5.31. The third kappa shape index (κ3) is 2.19. The summed E-state index contributed by atoms with van der Waals surface area (Å²) in [6.07, 6.45) is 3.58. The monoisotopic (exact) mass is 248 g/mol. The fraction of sp³-hybridized carbons (Fsp3) is 0.600. The lowest BCUT2D eigenvalue weighted by Gasteiger charge is -2.31. The lowest BCUT2D eigenvalue weighted by atomic mass is 10.0. The van der Waals surface area contributed by atoms with E-state index in [2.05, 4.69) is 37.9 Å². The Hall–Kier alpha value is -1.22. The van der Waals surface area contributed by atoms with E-state index in [1.807, 2.05) is 0 Å². The van der Waals surface area contributed by atoms with Gasteiger partial charge in [0, 0.05) is 24.8 Å². The third-order valence-electron chi connectivity index (χ3n) is 4.34. The summed E-state index contributed by atoms with van der Waals surface area (Å²) >= 11 is 0. The van der Waals surface area contributed by atoms with Gasteiger partial charge in [-0.25, -0.2) is 0 Å². The molecule has 0 radical (unpaired) electrons. The number of anilines is 1. The summed E-state index contributed by atoms with van der Waals surface area (Å²) in [4.78, 5) is 2.35. The number of nitrogens with zero attached hydrogens (tertiary/aromatic N) is 1. The third-order valence-corrected chi connectivity index (χ3v) is 4.34. The summed E-state index contributed by atoms with van der Waals surface area (Å²) in [5.41, 5.74) is 9.97. The number of hydrogen-bond acceptors (Lipinski definition) is 3. The molecule has 0 spiro atoms. The van der Waals surface area contributed by atoms with Crippen molar-refractivity contribution in [3.8, 4) is 5.75 Å². The Morgan fingerprint density at radius 3 is 2.50 bits per heavy atom. The Bertz CT molecular complexity index is 431. The van der Waals surface area contributed by atoms with Crippen LogP contribution in [0.2, 0.25) is 0 Å². The van der Waals surface area contributed by atoms with E-state index < -0.39 is 0 Å². The van der Waals surface area contributed by atoms with Crippen LogP contribution < -0.4 is 15.4 Å². The number of rotatable bonds is 3. The molecule has 2 rings (SSSR count). The van der Waals surface area contributed by atoms with Crippen molar-refractivity contribution >= 4 is 5.69 Å². The van der Waals surface area contributed by atoms with Crippen molar-refractivity contribution in [3.63, 3.8) is 0 Å². The molecule has 0 heterocycles. The zero-order valence-electron chi connectivity index (χ0n) is 11.9. The van der Waals surface area contributed by atoms with Crippen LogP contribution in [0.25, 0.3) is 0 Å². The minimum absolute atomic E-state index is 0.303. The molecule has 1 aromatic rings. The first-order valence-electron chi connectivity index (χ1n) is 6.69. The second-order valence-corrected chi connectivity index (χ2v) is 5.31. The Morgan fingerprint density at radius 2 is 1.94 bits per heavy atom. The fourth-order valence-electron chi connectivity index (χ4n) is 3.01. The molecule has 0 aromatic heterocycles. The van der Waals surface area contributed by atoms with Gasteiger partial charge in [0.2, 0.25) is 0 Å². The van der Waals surface area contributed by atoms with E-state index in [1.165, 1.54) is 29.7 Å². The molecule has 100 valence electrons. The van der Waals surface area contributed by atoms with Crippen molar-refractivity contribution in [1.82, 2.24) is 0 Å². The first-order chi connectivity index (χ1) is 8.56. The molecule has 1 aliphatic carbocycles. The van der Waals surface area contributed by atoms with Gasteiger partial charge in [0.1, 0.15) is 5.75 Å². The lowest BCUT2D eigenvalue weighted by molar-refractivity contribution is 0.411. The summed E-state index contributed by atoms with van der Waals surface area (Å²) in [6, 6.07) is 4.97. The Kier molecular flexibility index (Phi) is 3.81. The normalized spacial score (nSPS) is 23.2. The van der Waals surface area contributed by atoms with E-state index in [9.17, 15) is 0 Å². The molecule has 1 saturated carbocycles. The van der Waals surface area contributed by atoms with E-state index >= 15 is 0 Å². The zero-order valence-corrected chi connectivity index (χ0v) is 11.9. The van der Waals surface area contributed by atoms with Crippen LogP contribution in [0, 0.1) is 13.8 Å². The van der Waals surface area contributed by atoms with Gasteiger partial charge < -0.3 is 15.4 Å². The molecular formula is C15H24N2O. The van der Waals surface area contributed by atoms with E-state index in [-0.39, 0.29) is 0 Å². The van der Waals surface area contributed by atoms with Crippen LogP contribution in [0.5, 0.6) is 5.75 Å². The van der Waals surface area contributed by atoms with Gasteiger partial charge in [-0.3, -0.25) is 0 Å². The SMILES string of the molecule is COc1ccc(N(C)C2CCCC2N)c(C)c1C. The molecule has 2 N–H and O–H groups in total. The molecule has 1 fully saturated rings. The largest absolute Gasteiger partial charge is 0.496 e. The van der Waals surface area contributed by atoms with Gasteiger partial charge in [-0.1, -0.05) is 0 Å². The van der Waals surface area contributed by atoms with E-state index in [0.717, 1.165) is 12.2 Å². The van der Waals surface area contributed by atoms with Gasteiger partial charge in [-0.2, -0.15) is 0 Å². The van der Waals surface area contributed by atoms with Gasteiger partial charge in [0.15, 0.2) is 0 Å². The topological polar surface area (TPSA) is 38.5 Å². The number of benzene rings is 1. The van der Waals surface area contributed by atoms with E-state index in [1.54, 1.807) is 7.11 Å². The van der Waals surface area contributed by atoms with E-state index in [0.29, 0.717) is 12.1 Å². The molecule has 1 aromatic carbocycles. The highest BCUT2D eigenvalue weighted by atomic mass is 16.5. The highest BCUT2D eigenvalue weighted by molar-refractivity contribution is 5.60. The van der Waals surface area contributed by atoms with Gasteiger partial charge in [0.05, 0.1) is 7.11 Å². The maximum Gasteiger partial charge on any atom is 0.122 e. The smallest absolute Gasteiger partial charge is 0.122 e. The second kappa shape index (κ2) is 5.19. The van der Waals surface area contributed by atoms with Crippen molar-refractivity contribution in [2.45, 2.75) is 45.2 Å². The molecule has 3 nitrogen and oxygen atoms in total. The number of hydrogen-bond donors (Lipinski definition) is 1. The number of nitrogens with two attached hydrogens (primary N) is 1. The molecule has 0 amide bonds. The van der Waals surface area contributed by atoms with E-state index in [4.69, 9.17) is 10.5 Å². The van der Waals surface area contributed by atoms with Gasteiger partial charge in [-0.15, -0.1) is 0 Å². The molecule has 1 aliphatic rings. The highest BCUT2D eigenvalue weighted by Gasteiger charge is 2.28. The summed E-state index contributed by atoms with van der Waals surface area (Å²) in [6.45, 7) is 4.27. The molecule has 0 saturated heterocycles. The Labute approximate surface area is 110 Å². The average Bonchev–Trinajstić information content (AvgIpc) is 2.78. The molecule has 2 unspecified atom stereocenters. The summed E-state index contributed by atoms with van der Waals surface area (Å²) < 4.78 is 5.36. The van der Waals surface area contributed by atoms with Crippen LogP contribution >= 0.6 is 0 Å². The van der Waals surface area contributed by atoms with Crippen molar-refractivity contribution in [2.75, 3.05) is 19.1 Å². The average molecular weight is 248 g/mol. The predicted molar refractivity (Wildman–Crippen MR) is 76.5 cm³/mol. The van der Waals surface area contributed by atoms with Crippen molar-refractivity contribution in [3.05, 3.63) is 23.3 Å². The fourth-order valence-corrected chi connectivity index (χ4v) is 3.01. The summed E-state index contributed by atoms with van der Waals surface area (Å²) in [5.74, 6) is 0.959. The molecule has 0 aliphatic heterocycles. The van der Waals surface area contributed by atoms with Crippen molar-refractivity contribution in [2.24, 2.45) is 5.73 Å². The first-order valence-corrected chi connectivity index (χ1v) is 6.69. The number of methoxy groups -OCH3 is 1. The van der Waals surface area contributed by atoms with Gasteiger partial charge >= 0.3 is 0 Å². The Morgan fingerprint density at radius 1 is 1.22 bits per heavy atom. The molecular weight excluding hydrogens is 224 g/mol. The summed E-state index contributed by atoms with van der Waals surface area (Å²) in [5, 5.41) is 0. The van der Waals surface area contributed by atoms with Crippen LogP contribution in [-0.2, 0) is 0 Å². The van der Waals surface area contributed by atoms with Crippen molar-refractivity contribution in [1.29, 1.82) is 0 Å². The van der Waals surface area contributed by atoms with Crippen LogP contribution in [0.15, 0.2) is 12.1 Å². The number of likely N-dealkylation sites (N-methyl/N-ethyl adjacent to an activating group) is 1. The Balaban J connectivity index is 2.30. The maximum absolute atomic E-state index is 6.20.